The summed E-state index contributed by atoms with van der Waals surface area (Å²) in [6, 6.07) is 7.51. The van der Waals surface area contributed by atoms with Crippen LogP contribution in [0.5, 0.6) is 0 Å². The highest BCUT2D eigenvalue weighted by Crippen LogP contribution is 2.15. The molecular formula is C12H14N4O. The Morgan fingerprint density at radius 1 is 1.29 bits per heavy atom. The van der Waals surface area contributed by atoms with Crippen molar-refractivity contribution in [3.05, 3.63) is 36.2 Å². The van der Waals surface area contributed by atoms with Crippen LogP contribution in [0, 0.1) is 0 Å². The van der Waals surface area contributed by atoms with E-state index in [1.807, 2.05) is 31.3 Å². The first-order valence-corrected chi connectivity index (χ1v) is 5.29. The predicted octanol–water partition coefficient (Wildman–Crippen LogP) is 1.73. The number of nitrogens with zero attached hydrogens (tertiary/aromatic N) is 3. The van der Waals surface area contributed by atoms with E-state index in [1.165, 1.54) is 0 Å². The van der Waals surface area contributed by atoms with Crippen molar-refractivity contribution < 1.29 is 4.74 Å². The average Bonchev–Trinajstić information content (AvgIpc) is 2.40. The minimum atomic E-state index is 0.455. The van der Waals surface area contributed by atoms with Gasteiger partial charge in [-0.05, 0) is 12.1 Å². The summed E-state index contributed by atoms with van der Waals surface area (Å²) in [5, 5.41) is 3.00. The molecule has 2 aromatic heterocycles. The van der Waals surface area contributed by atoms with Gasteiger partial charge in [-0.15, -0.1) is 0 Å². The van der Waals surface area contributed by atoms with E-state index < -0.39 is 0 Å². The first kappa shape index (κ1) is 11.5. The van der Waals surface area contributed by atoms with Crippen molar-refractivity contribution in [2.45, 2.75) is 6.61 Å². The van der Waals surface area contributed by atoms with Crippen molar-refractivity contribution in [3.8, 4) is 11.5 Å². The van der Waals surface area contributed by atoms with Crippen LogP contribution in [-0.4, -0.2) is 29.1 Å². The monoisotopic (exact) mass is 230 g/mol. The van der Waals surface area contributed by atoms with E-state index in [4.69, 9.17) is 4.74 Å². The van der Waals surface area contributed by atoms with Crippen LogP contribution in [0.3, 0.4) is 0 Å². The maximum Gasteiger partial charge on any atom is 0.180 e. The zero-order chi connectivity index (χ0) is 12.1. The molecule has 0 saturated heterocycles. The van der Waals surface area contributed by atoms with Gasteiger partial charge in [0.1, 0.15) is 11.5 Å². The van der Waals surface area contributed by atoms with Crippen LogP contribution < -0.4 is 5.32 Å². The smallest absolute Gasteiger partial charge is 0.180 e. The molecule has 0 fully saturated rings. The highest BCUT2D eigenvalue weighted by Gasteiger charge is 2.06. The van der Waals surface area contributed by atoms with Crippen molar-refractivity contribution >= 4 is 5.82 Å². The molecule has 0 unspecified atom stereocenters. The topological polar surface area (TPSA) is 59.9 Å². The Morgan fingerprint density at radius 3 is 2.82 bits per heavy atom. The normalized spacial score (nSPS) is 10.2. The van der Waals surface area contributed by atoms with Crippen LogP contribution in [0.1, 0.15) is 5.69 Å². The van der Waals surface area contributed by atoms with E-state index in [1.54, 1.807) is 13.3 Å². The average molecular weight is 230 g/mol. The van der Waals surface area contributed by atoms with E-state index in [2.05, 4.69) is 20.3 Å². The predicted molar refractivity (Wildman–Crippen MR) is 65.5 cm³/mol. The van der Waals surface area contributed by atoms with E-state index in [0.29, 0.717) is 12.4 Å². The Balaban J connectivity index is 2.43. The minimum absolute atomic E-state index is 0.455. The summed E-state index contributed by atoms with van der Waals surface area (Å²) in [6.07, 6.45) is 1.72. The van der Waals surface area contributed by atoms with Crippen LogP contribution in [0.25, 0.3) is 11.5 Å². The van der Waals surface area contributed by atoms with Gasteiger partial charge in [0.25, 0.3) is 0 Å². The van der Waals surface area contributed by atoms with Gasteiger partial charge < -0.3 is 10.1 Å². The number of nitrogens with one attached hydrogen (secondary N) is 1. The maximum absolute atomic E-state index is 5.08. The van der Waals surface area contributed by atoms with Crippen molar-refractivity contribution in [2.24, 2.45) is 0 Å². The lowest BCUT2D eigenvalue weighted by Gasteiger charge is -2.06. The number of anilines is 1. The Morgan fingerprint density at radius 2 is 2.18 bits per heavy atom. The van der Waals surface area contributed by atoms with Gasteiger partial charge in [-0.25, -0.2) is 9.97 Å². The van der Waals surface area contributed by atoms with Gasteiger partial charge in [0.2, 0.25) is 0 Å². The molecule has 0 saturated carbocycles. The summed E-state index contributed by atoms with van der Waals surface area (Å²) >= 11 is 0. The standard InChI is InChI=1S/C12H14N4O/c1-13-11-7-9(8-17-2)15-12(16-11)10-5-3-4-6-14-10/h3-7H,8H2,1-2H3,(H,13,15,16). The van der Waals surface area contributed by atoms with Gasteiger partial charge in [0.05, 0.1) is 12.3 Å². The number of hydrogen-bond acceptors (Lipinski definition) is 5. The number of ether oxygens (including phenoxy) is 1. The number of pyridine rings is 1. The fourth-order valence-corrected chi connectivity index (χ4v) is 1.46. The Bertz CT molecular complexity index is 487. The van der Waals surface area contributed by atoms with E-state index >= 15 is 0 Å². The molecule has 88 valence electrons. The largest absolute Gasteiger partial charge is 0.378 e. The summed E-state index contributed by atoms with van der Waals surface area (Å²) in [6.45, 7) is 0.455. The van der Waals surface area contributed by atoms with Crippen LogP contribution >= 0.6 is 0 Å². The Hall–Kier alpha value is -2.01. The number of aromatic nitrogens is 3. The molecule has 0 aliphatic carbocycles. The molecule has 17 heavy (non-hydrogen) atoms. The van der Waals surface area contributed by atoms with E-state index in [9.17, 15) is 0 Å². The van der Waals surface area contributed by atoms with Crippen LogP contribution in [0.15, 0.2) is 30.5 Å². The van der Waals surface area contributed by atoms with Gasteiger partial charge in [0.15, 0.2) is 5.82 Å². The van der Waals surface area contributed by atoms with Crippen LogP contribution in [-0.2, 0) is 11.3 Å². The second-order valence-corrected chi connectivity index (χ2v) is 3.47. The van der Waals surface area contributed by atoms with Gasteiger partial charge in [-0.2, -0.15) is 0 Å². The lowest BCUT2D eigenvalue weighted by atomic mass is 10.3. The number of methoxy groups -OCH3 is 1. The molecule has 1 N–H and O–H groups in total. The summed E-state index contributed by atoms with van der Waals surface area (Å²) in [5.41, 5.74) is 1.58. The second kappa shape index (κ2) is 5.36. The molecule has 2 rings (SSSR count). The molecule has 5 nitrogen and oxygen atoms in total. The summed E-state index contributed by atoms with van der Waals surface area (Å²) < 4.78 is 5.08. The number of hydrogen-bond donors (Lipinski definition) is 1. The fourth-order valence-electron chi connectivity index (χ4n) is 1.46. The van der Waals surface area contributed by atoms with Gasteiger partial charge >= 0.3 is 0 Å². The number of rotatable bonds is 4. The lowest BCUT2D eigenvalue weighted by Crippen LogP contribution is -2.02. The molecule has 0 aliphatic heterocycles. The third-order valence-corrected chi connectivity index (χ3v) is 2.22. The molecule has 5 heteroatoms. The molecule has 0 atom stereocenters. The summed E-state index contributed by atoms with van der Waals surface area (Å²) in [5.74, 6) is 1.36. The quantitative estimate of drug-likeness (QED) is 0.866. The van der Waals surface area contributed by atoms with Crippen LogP contribution in [0.4, 0.5) is 5.82 Å². The van der Waals surface area contributed by atoms with E-state index in [-0.39, 0.29) is 0 Å². The lowest BCUT2D eigenvalue weighted by molar-refractivity contribution is 0.181. The molecule has 0 radical (unpaired) electrons. The zero-order valence-electron chi connectivity index (χ0n) is 9.84. The SMILES string of the molecule is CNc1cc(COC)nc(-c2ccccn2)n1. The zero-order valence-corrected chi connectivity index (χ0v) is 9.84. The highest BCUT2D eigenvalue weighted by molar-refractivity contribution is 5.52. The highest BCUT2D eigenvalue weighted by atomic mass is 16.5. The Kier molecular flexibility index (Phi) is 3.62. The van der Waals surface area contributed by atoms with Crippen molar-refractivity contribution in [1.29, 1.82) is 0 Å². The van der Waals surface area contributed by atoms with Gasteiger partial charge in [-0.1, -0.05) is 6.07 Å². The van der Waals surface area contributed by atoms with E-state index in [0.717, 1.165) is 17.2 Å². The third kappa shape index (κ3) is 2.76. The van der Waals surface area contributed by atoms with Crippen molar-refractivity contribution in [1.82, 2.24) is 15.0 Å². The van der Waals surface area contributed by atoms with Gasteiger partial charge in [0, 0.05) is 26.4 Å². The van der Waals surface area contributed by atoms with Crippen molar-refractivity contribution in [2.75, 3.05) is 19.5 Å². The minimum Gasteiger partial charge on any atom is -0.378 e. The molecule has 0 spiro atoms. The first-order valence-electron chi connectivity index (χ1n) is 5.29. The van der Waals surface area contributed by atoms with Gasteiger partial charge in [-0.3, -0.25) is 4.98 Å². The third-order valence-electron chi connectivity index (χ3n) is 2.22. The molecular weight excluding hydrogens is 216 g/mol. The molecule has 0 amide bonds. The molecule has 0 bridgehead atoms. The summed E-state index contributed by atoms with van der Waals surface area (Å²) in [4.78, 5) is 13.0. The summed E-state index contributed by atoms with van der Waals surface area (Å²) in [7, 11) is 3.46. The molecule has 0 aromatic carbocycles. The molecule has 2 heterocycles. The van der Waals surface area contributed by atoms with Crippen LogP contribution in [0.2, 0.25) is 0 Å². The second-order valence-electron chi connectivity index (χ2n) is 3.47. The van der Waals surface area contributed by atoms with Crippen molar-refractivity contribution in [3.63, 3.8) is 0 Å². The molecule has 0 aliphatic rings. The maximum atomic E-state index is 5.08. The fraction of sp³-hybridized carbons (Fsp3) is 0.250. The molecule has 2 aromatic rings. The first-order chi connectivity index (χ1) is 8.33. The Labute approximate surface area is 99.9 Å².